The van der Waals surface area contributed by atoms with E-state index >= 15 is 0 Å². The van der Waals surface area contributed by atoms with Crippen molar-refractivity contribution in [3.05, 3.63) is 35.9 Å². The van der Waals surface area contributed by atoms with Gasteiger partial charge in [0.1, 0.15) is 12.1 Å². The summed E-state index contributed by atoms with van der Waals surface area (Å²) in [5.74, 6) is -0.776. The van der Waals surface area contributed by atoms with Crippen LogP contribution in [0.1, 0.15) is 38.2 Å². The first-order valence-electron chi connectivity index (χ1n) is 8.74. The number of methoxy groups -OCH3 is 1. The van der Waals surface area contributed by atoms with E-state index in [1.807, 2.05) is 30.3 Å². The summed E-state index contributed by atoms with van der Waals surface area (Å²) in [7, 11) is 1.32. The van der Waals surface area contributed by atoms with Gasteiger partial charge < -0.3 is 15.0 Å². The van der Waals surface area contributed by atoms with Crippen molar-refractivity contribution in [1.82, 2.24) is 10.2 Å². The van der Waals surface area contributed by atoms with E-state index < -0.39 is 18.1 Å². The molecule has 1 aromatic carbocycles. The first-order chi connectivity index (χ1) is 12.0. The van der Waals surface area contributed by atoms with Crippen molar-refractivity contribution < 1.29 is 19.1 Å². The molecule has 1 N–H and O–H groups in total. The summed E-state index contributed by atoms with van der Waals surface area (Å²) >= 11 is 0. The molecule has 1 fully saturated rings. The summed E-state index contributed by atoms with van der Waals surface area (Å²) in [6, 6.07) is 8.80. The van der Waals surface area contributed by atoms with Crippen LogP contribution in [-0.2, 0) is 25.5 Å². The number of nitrogens with zero attached hydrogens (tertiary/aromatic N) is 1. The van der Waals surface area contributed by atoms with Crippen LogP contribution in [0.2, 0.25) is 0 Å². The van der Waals surface area contributed by atoms with Crippen molar-refractivity contribution in [2.24, 2.45) is 0 Å². The van der Waals surface area contributed by atoms with Gasteiger partial charge in [0.15, 0.2) is 0 Å². The number of ether oxygens (including phenoxy) is 1. The summed E-state index contributed by atoms with van der Waals surface area (Å²) in [6.45, 7) is 2.18. The summed E-state index contributed by atoms with van der Waals surface area (Å²) in [5, 5.41) is 2.74. The lowest BCUT2D eigenvalue weighted by Gasteiger charge is -2.26. The number of esters is 1. The zero-order valence-electron chi connectivity index (χ0n) is 14.9. The van der Waals surface area contributed by atoms with E-state index in [0.29, 0.717) is 19.4 Å². The molecular formula is C19H26N2O4. The van der Waals surface area contributed by atoms with E-state index in [4.69, 9.17) is 4.74 Å². The third kappa shape index (κ3) is 5.31. The van der Waals surface area contributed by atoms with Crippen LogP contribution in [-0.4, -0.2) is 48.4 Å². The molecule has 6 nitrogen and oxygen atoms in total. The van der Waals surface area contributed by atoms with Crippen molar-refractivity contribution in [1.29, 1.82) is 0 Å². The molecule has 0 spiro atoms. The van der Waals surface area contributed by atoms with Crippen LogP contribution in [0.3, 0.4) is 0 Å². The number of aryl methyl sites for hydroxylation is 1. The minimum Gasteiger partial charge on any atom is -0.467 e. The number of amides is 2. The molecule has 1 aromatic rings. The van der Waals surface area contributed by atoms with Crippen LogP contribution >= 0.6 is 0 Å². The second-order valence-corrected chi connectivity index (χ2v) is 6.34. The monoisotopic (exact) mass is 346 g/mol. The molecule has 1 unspecified atom stereocenters. The lowest BCUT2D eigenvalue weighted by molar-refractivity contribution is -0.151. The van der Waals surface area contributed by atoms with Crippen LogP contribution in [0.15, 0.2) is 30.3 Å². The van der Waals surface area contributed by atoms with E-state index in [-0.39, 0.29) is 11.8 Å². The maximum atomic E-state index is 12.5. The van der Waals surface area contributed by atoms with Gasteiger partial charge in [-0.1, -0.05) is 30.3 Å². The molecule has 1 saturated heterocycles. The third-order valence-electron chi connectivity index (χ3n) is 4.47. The van der Waals surface area contributed by atoms with Gasteiger partial charge >= 0.3 is 5.97 Å². The Hall–Kier alpha value is -2.37. The summed E-state index contributed by atoms with van der Waals surface area (Å²) < 4.78 is 4.75. The van der Waals surface area contributed by atoms with Gasteiger partial charge in [0.2, 0.25) is 11.8 Å². The Bertz CT molecular complexity index is 603. The number of carbonyl (C=O) groups excluding carboxylic acids is 3. The zero-order chi connectivity index (χ0) is 18.2. The molecule has 25 heavy (non-hydrogen) atoms. The largest absolute Gasteiger partial charge is 0.467 e. The van der Waals surface area contributed by atoms with E-state index in [1.165, 1.54) is 17.6 Å². The molecule has 2 amide bonds. The molecular weight excluding hydrogens is 320 g/mol. The van der Waals surface area contributed by atoms with Gasteiger partial charge in [-0.3, -0.25) is 9.59 Å². The molecule has 6 heteroatoms. The highest BCUT2D eigenvalue weighted by Gasteiger charge is 2.36. The van der Waals surface area contributed by atoms with Crippen LogP contribution in [0.25, 0.3) is 0 Å². The van der Waals surface area contributed by atoms with Gasteiger partial charge in [0.25, 0.3) is 0 Å². The fourth-order valence-electron chi connectivity index (χ4n) is 3.13. The molecule has 1 aliphatic heterocycles. The number of carbonyl (C=O) groups is 3. The first-order valence-corrected chi connectivity index (χ1v) is 8.74. The van der Waals surface area contributed by atoms with Gasteiger partial charge in [-0.2, -0.15) is 0 Å². The Morgan fingerprint density at radius 1 is 1.28 bits per heavy atom. The predicted molar refractivity (Wildman–Crippen MR) is 93.7 cm³/mol. The standard InChI is InChI=1S/C19H26N2O4/c1-14(18(23)21-13-7-11-16(21)19(24)25-2)20-17(22)12-6-10-15-8-4-3-5-9-15/h3-5,8-9,14,16H,6-7,10-13H2,1-2H3,(H,20,22)/t14?,16-/m0/s1. The molecule has 1 heterocycles. The topological polar surface area (TPSA) is 75.7 Å². The van der Waals surface area contributed by atoms with Crippen LogP contribution < -0.4 is 5.32 Å². The van der Waals surface area contributed by atoms with Crippen LogP contribution in [0.4, 0.5) is 0 Å². The van der Waals surface area contributed by atoms with Crippen molar-refractivity contribution in [3.8, 4) is 0 Å². The minimum absolute atomic E-state index is 0.148. The number of benzene rings is 1. The predicted octanol–water partition coefficient (Wildman–Crippen LogP) is 1.68. The Morgan fingerprint density at radius 3 is 2.68 bits per heavy atom. The maximum absolute atomic E-state index is 12.5. The zero-order valence-corrected chi connectivity index (χ0v) is 14.9. The van der Waals surface area contributed by atoms with E-state index in [2.05, 4.69) is 5.32 Å². The lowest BCUT2D eigenvalue weighted by Crippen LogP contribution is -2.50. The summed E-state index contributed by atoms with van der Waals surface area (Å²) in [4.78, 5) is 37.8. The number of rotatable bonds is 7. The average molecular weight is 346 g/mol. The average Bonchev–Trinajstić information content (AvgIpc) is 3.10. The molecule has 1 aliphatic rings. The highest BCUT2D eigenvalue weighted by molar-refractivity contribution is 5.90. The third-order valence-corrected chi connectivity index (χ3v) is 4.47. The first kappa shape index (κ1) is 19.0. The van der Waals surface area contributed by atoms with Gasteiger partial charge in [-0.25, -0.2) is 4.79 Å². The summed E-state index contributed by atoms with van der Waals surface area (Å²) in [6.07, 6.45) is 3.30. The molecule has 0 bridgehead atoms. The van der Waals surface area contributed by atoms with Crippen LogP contribution in [0, 0.1) is 0 Å². The number of nitrogens with one attached hydrogen (secondary N) is 1. The van der Waals surface area contributed by atoms with Gasteiger partial charge in [-0.15, -0.1) is 0 Å². The second kappa shape index (κ2) is 9.20. The molecule has 136 valence electrons. The van der Waals surface area contributed by atoms with E-state index in [9.17, 15) is 14.4 Å². The quantitative estimate of drug-likeness (QED) is 0.762. The number of likely N-dealkylation sites (tertiary alicyclic amines) is 1. The molecule has 2 rings (SSSR count). The Morgan fingerprint density at radius 2 is 2.00 bits per heavy atom. The fraction of sp³-hybridized carbons (Fsp3) is 0.526. The Balaban J connectivity index is 1.78. The minimum atomic E-state index is -0.644. The number of hydrogen-bond donors (Lipinski definition) is 1. The SMILES string of the molecule is COC(=O)[C@@H]1CCCN1C(=O)C(C)NC(=O)CCCc1ccccc1. The molecule has 2 atom stereocenters. The Labute approximate surface area is 148 Å². The summed E-state index contributed by atoms with van der Waals surface area (Å²) in [5.41, 5.74) is 1.19. The van der Waals surface area contributed by atoms with Crippen LogP contribution in [0.5, 0.6) is 0 Å². The number of hydrogen-bond acceptors (Lipinski definition) is 4. The fourth-order valence-corrected chi connectivity index (χ4v) is 3.13. The normalized spacial score (nSPS) is 17.8. The van der Waals surface area contributed by atoms with Gasteiger partial charge in [0.05, 0.1) is 7.11 Å². The molecule has 0 radical (unpaired) electrons. The highest BCUT2D eigenvalue weighted by atomic mass is 16.5. The van der Waals surface area contributed by atoms with Gasteiger partial charge in [0, 0.05) is 13.0 Å². The second-order valence-electron chi connectivity index (χ2n) is 6.34. The van der Waals surface area contributed by atoms with Crippen molar-refractivity contribution >= 4 is 17.8 Å². The Kier molecular flexibility index (Phi) is 6.98. The molecule has 0 aliphatic carbocycles. The lowest BCUT2D eigenvalue weighted by atomic mass is 10.1. The molecule has 0 saturated carbocycles. The maximum Gasteiger partial charge on any atom is 0.328 e. The van der Waals surface area contributed by atoms with Crippen molar-refractivity contribution in [3.63, 3.8) is 0 Å². The molecule has 0 aromatic heterocycles. The van der Waals surface area contributed by atoms with E-state index in [1.54, 1.807) is 6.92 Å². The van der Waals surface area contributed by atoms with Crippen molar-refractivity contribution in [2.45, 2.75) is 51.1 Å². The smallest absolute Gasteiger partial charge is 0.328 e. The highest BCUT2D eigenvalue weighted by Crippen LogP contribution is 2.19. The van der Waals surface area contributed by atoms with E-state index in [0.717, 1.165) is 19.3 Å². The van der Waals surface area contributed by atoms with Crippen molar-refractivity contribution in [2.75, 3.05) is 13.7 Å². The van der Waals surface area contributed by atoms with Gasteiger partial charge in [-0.05, 0) is 38.2 Å².